The Morgan fingerprint density at radius 1 is 1.24 bits per heavy atom. The second kappa shape index (κ2) is 10.4. The number of rotatable bonds is 6. The average molecular weight is 541 g/mol. The minimum Gasteiger partial charge on any atom is -0.487 e. The number of nitrogens with zero attached hydrogens (tertiary/aromatic N) is 5. The number of ether oxygens (including phenoxy) is 1. The van der Waals surface area contributed by atoms with Gasteiger partial charge in [-0.3, -0.25) is 4.79 Å². The summed E-state index contributed by atoms with van der Waals surface area (Å²) in [5, 5.41) is 6.02. The lowest BCUT2D eigenvalue weighted by Crippen LogP contribution is -2.40. The molecule has 1 amide bonds. The summed E-state index contributed by atoms with van der Waals surface area (Å²) in [4.78, 5) is 22.6. The number of likely N-dealkylation sites (tertiary alicyclic amines) is 1. The van der Waals surface area contributed by atoms with Gasteiger partial charge in [-0.15, -0.1) is 0 Å². The number of carbonyl (C=O) groups is 1. The highest BCUT2D eigenvalue weighted by Crippen LogP contribution is 2.41. The van der Waals surface area contributed by atoms with Crippen molar-refractivity contribution in [2.45, 2.75) is 25.5 Å². The number of hydrogen-bond acceptors (Lipinski definition) is 6. The molecule has 0 saturated carbocycles. The van der Waals surface area contributed by atoms with Crippen LogP contribution in [0.1, 0.15) is 24.4 Å². The maximum atomic E-state index is 13.5. The molecule has 0 aliphatic carbocycles. The van der Waals surface area contributed by atoms with Crippen molar-refractivity contribution in [3.63, 3.8) is 0 Å². The molecule has 1 saturated heterocycles. The number of piperidine rings is 1. The van der Waals surface area contributed by atoms with E-state index in [9.17, 15) is 9.18 Å². The van der Waals surface area contributed by atoms with Crippen LogP contribution in [0.4, 0.5) is 10.2 Å². The Hall–Kier alpha value is -3.69. The van der Waals surface area contributed by atoms with Gasteiger partial charge in [-0.25, -0.2) is 19.0 Å². The van der Waals surface area contributed by atoms with Crippen molar-refractivity contribution in [1.82, 2.24) is 24.6 Å². The molecule has 0 unspecified atom stereocenters. The van der Waals surface area contributed by atoms with E-state index in [1.54, 1.807) is 33.8 Å². The summed E-state index contributed by atoms with van der Waals surface area (Å²) in [6, 6.07) is 9.24. The Morgan fingerprint density at radius 3 is 2.86 bits per heavy atom. The van der Waals surface area contributed by atoms with Gasteiger partial charge in [0.2, 0.25) is 5.91 Å². The number of benzene rings is 2. The summed E-state index contributed by atoms with van der Waals surface area (Å²) in [6.45, 7) is 4.83. The van der Waals surface area contributed by atoms with Crippen LogP contribution in [0.15, 0.2) is 55.4 Å². The molecule has 5 rings (SSSR count). The number of hydrogen-bond donors (Lipinski definition) is 1. The molecule has 190 valence electrons. The average Bonchev–Trinajstić information content (AvgIpc) is 3.29. The van der Waals surface area contributed by atoms with Gasteiger partial charge in [0, 0.05) is 24.7 Å². The molecule has 1 aliphatic rings. The van der Waals surface area contributed by atoms with E-state index in [1.807, 2.05) is 0 Å². The summed E-state index contributed by atoms with van der Waals surface area (Å²) in [7, 11) is 0. The van der Waals surface area contributed by atoms with Crippen molar-refractivity contribution in [3.05, 3.63) is 76.8 Å². The van der Waals surface area contributed by atoms with Crippen LogP contribution in [0, 0.1) is 5.82 Å². The zero-order chi connectivity index (χ0) is 26.1. The lowest BCUT2D eigenvalue weighted by molar-refractivity contribution is -0.127. The van der Waals surface area contributed by atoms with Crippen molar-refractivity contribution in [2.24, 2.45) is 0 Å². The predicted molar refractivity (Wildman–Crippen MR) is 141 cm³/mol. The molecular weight excluding hydrogens is 518 g/mol. The van der Waals surface area contributed by atoms with Crippen molar-refractivity contribution < 1.29 is 13.9 Å². The van der Waals surface area contributed by atoms with E-state index < -0.39 is 0 Å². The fourth-order valence-corrected chi connectivity index (χ4v) is 4.99. The van der Waals surface area contributed by atoms with Crippen LogP contribution >= 0.6 is 23.2 Å². The molecular formula is C26H23Cl2FN6O2. The monoisotopic (exact) mass is 540 g/mol. The SMILES string of the molecule is C=CC(=O)N1CCC[C@@H](n2nc(-c3cc(Cl)c(OCc4cccc(F)c4)cc3Cl)c3c(N)ncnc32)C1. The first-order chi connectivity index (χ1) is 17.9. The Morgan fingerprint density at radius 2 is 2.08 bits per heavy atom. The number of anilines is 1. The minimum absolute atomic E-state index is 0.118. The second-order valence-electron chi connectivity index (χ2n) is 8.72. The number of nitrogens with two attached hydrogens (primary N) is 1. The van der Waals surface area contributed by atoms with E-state index >= 15 is 0 Å². The van der Waals surface area contributed by atoms with Gasteiger partial charge in [-0.2, -0.15) is 5.10 Å². The highest BCUT2D eigenvalue weighted by molar-refractivity contribution is 6.36. The fourth-order valence-electron chi connectivity index (χ4n) is 4.53. The molecule has 0 bridgehead atoms. The molecule has 4 aromatic rings. The second-order valence-corrected chi connectivity index (χ2v) is 9.53. The Balaban J connectivity index is 1.51. The third kappa shape index (κ3) is 4.97. The fraction of sp³-hybridized carbons (Fsp3) is 0.231. The molecule has 37 heavy (non-hydrogen) atoms. The number of amides is 1. The molecule has 2 aromatic heterocycles. The summed E-state index contributed by atoms with van der Waals surface area (Å²) in [5.74, 6) is 0.121. The molecule has 0 radical (unpaired) electrons. The van der Waals surface area contributed by atoms with Crippen molar-refractivity contribution >= 4 is 46.0 Å². The quantitative estimate of drug-likeness (QED) is 0.326. The minimum atomic E-state index is -0.349. The van der Waals surface area contributed by atoms with E-state index in [0.29, 0.717) is 56.7 Å². The molecule has 1 aliphatic heterocycles. The summed E-state index contributed by atoms with van der Waals surface area (Å²) >= 11 is 13.2. The van der Waals surface area contributed by atoms with Gasteiger partial charge < -0.3 is 15.4 Å². The Labute approximate surface area is 222 Å². The lowest BCUT2D eigenvalue weighted by Gasteiger charge is -2.32. The number of fused-ring (bicyclic) bond motifs is 1. The van der Waals surface area contributed by atoms with Crippen LogP contribution < -0.4 is 10.5 Å². The number of nitrogen functional groups attached to an aromatic ring is 1. The molecule has 2 N–H and O–H groups in total. The zero-order valence-electron chi connectivity index (χ0n) is 19.7. The Kier molecular flexibility index (Phi) is 6.99. The maximum Gasteiger partial charge on any atom is 0.246 e. The molecule has 1 fully saturated rings. The Bertz CT molecular complexity index is 1510. The van der Waals surface area contributed by atoms with E-state index in [4.69, 9.17) is 38.8 Å². The smallest absolute Gasteiger partial charge is 0.246 e. The van der Waals surface area contributed by atoms with Crippen LogP contribution in [0.25, 0.3) is 22.3 Å². The number of halogens is 3. The third-order valence-corrected chi connectivity index (χ3v) is 6.91. The summed E-state index contributed by atoms with van der Waals surface area (Å²) in [6.07, 6.45) is 4.32. The largest absolute Gasteiger partial charge is 0.487 e. The van der Waals surface area contributed by atoms with Crippen molar-refractivity contribution in [3.8, 4) is 17.0 Å². The molecule has 1 atom stereocenters. The maximum absolute atomic E-state index is 13.5. The topological polar surface area (TPSA) is 99.2 Å². The van der Waals surface area contributed by atoms with Gasteiger partial charge in [0.05, 0.1) is 21.5 Å². The number of aromatic nitrogens is 4. The van der Waals surface area contributed by atoms with Gasteiger partial charge in [0.1, 0.15) is 36.0 Å². The van der Waals surface area contributed by atoms with Crippen LogP contribution in [0.3, 0.4) is 0 Å². The molecule has 3 heterocycles. The van der Waals surface area contributed by atoms with E-state index in [-0.39, 0.29) is 30.2 Å². The standard InChI is InChI=1S/C26H23Cl2FN6O2/c1-2-22(36)34-8-4-7-17(12-34)35-26-23(25(30)31-14-32-26)24(33-35)18-10-20(28)21(11-19(18)27)37-13-15-5-3-6-16(29)9-15/h2-3,5-6,9-11,14,17H,1,4,7-8,12-13H2,(H2,30,31,32)/t17-/m1/s1. The van der Waals surface area contributed by atoms with E-state index in [2.05, 4.69) is 16.5 Å². The van der Waals surface area contributed by atoms with Crippen LogP contribution in [-0.4, -0.2) is 43.6 Å². The molecule has 8 nitrogen and oxygen atoms in total. The van der Waals surface area contributed by atoms with Gasteiger partial charge in [-0.05, 0) is 42.7 Å². The van der Waals surface area contributed by atoms with E-state index in [1.165, 1.54) is 24.5 Å². The first-order valence-corrected chi connectivity index (χ1v) is 12.4. The van der Waals surface area contributed by atoms with Crippen molar-refractivity contribution in [2.75, 3.05) is 18.8 Å². The van der Waals surface area contributed by atoms with Crippen LogP contribution in [0.5, 0.6) is 5.75 Å². The highest BCUT2D eigenvalue weighted by Gasteiger charge is 2.28. The molecule has 0 spiro atoms. The first-order valence-electron chi connectivity index (χ1n) is 11.6. The van der Waals surface area contributed by atoms with Crippen LogP contribution in [-0.2, 0) is 11.4 Å². The highest BCUT2D eigenvalue weighted by atomic mass is 35.5. The first kappa shape index (κ1) is 25.0. The summed E-state index contributed by atoms with van der Waals surface area (Å²) < 4.78 is 21.1. The normalized spacial score (nSPS) is 15.6. The summed E-state index contributed by atoms with van der Waals surface area (Å²) in [5.41, 5.74) is 8.47. The van der Waals surface area contributed by atoms with Gasteiger partial charge in [0.15, 0.2) is 5.65 Å². The molecule has 11 heteroatoms. The predicted octanol–water partition coefficient (Wildman–Crippen LogP) is 5.45. The van der Waals surface area contributed by atoms with Gasteiger partial charge in [-0.1, -0.05) is 41.9 Å². The number of carbonyl (C=O) groups excluding carboxylic acids is 1. The third-order valence-electron chi connectivity index (χ3n) is 6.31. The van der Waals surface area contributed by atoms with Gasteiger partial charge in [0.25, 0.3) is 0 Å². The van der Waals surface area contributed by atoms with Crippen molar-refractivity contribution in [1.29, 1.82) is 0 Å². The van der Waals surface area contributed by atoms with Gasteiger partial charge >= 0.3 is 0 Å². The van der Waals surface area contributed by atoms with E-state index in [0.717, 1.165) is 12.8 Å². The lowest BCUT2D eigenvalue weighted by atomic mass is 10.1. The molecule has 2 aromatic carbocycles. The van der Waals surface area contributed by atoms with Crippen LogP contribution in [0.2, 0.25) is 10.0 Å². The zero-order valence-corrected chi connectivity index (χ0v) is 21.2.